The third-order valence-corrected chi connectivity index (χ3v) is 7.78. The lowest BCUT2D eigenvalue weighted by Crippen LogP contribution is -2.63. The van der Waals surface area contributed by atoms with Gasteiger partial charge in [-0.1, -0.05) is 6.92 Å². The molecule has 1 amide bonds. The van der Waals surface area contributed by atoms with Crippen LogP contribution in [0, 0.1) is 23.2 Å². The lowest BCUT2D eigenvalue weighted by molar-refractivity contribution is -0.163. The maximum Gasteiger partial charge on any atom is 0.353 e. The molecular weight excluding hydrogens is 406 g/mol. The molecule has 10 heteroatoms. The Bertz CT molecular complexity index is 936. The molecule has 4 heterocycles. The summed E-state index contributed by atoms with van der Waals surface area (Å²) in [6.45, 7) is 5.06. The van der Waals surface area contributed by atoms with Gasteiger partial charge in [-0.2, -0.15) is 5.26 Å². The number of rotatable bonds is 7. The summed E-state index contributed by atoms with van der Waals surface area (Å²) in [4.78, 5) is 30.5. The van der Waals surface area contributed by atoms with Crippen LogP contribution in [0.25, 0.3) is 0 Å². The summed E-state index contributed by atoms with van der Waals surface area (Å²) in [5.74, 6) is -2.02. The fourth-order valence-electron chi connectivity index (χ4n) is 4.80. The molecule has 4 rings (SSSR count). The summed E-state index contributed by atoms with van der Waals surface area (Å²) < 4.78 is 1.90. The summed E-state index contributed by atoms with van der Waals surface area (Å²) >= 11 is 1.55. The van der Waals surface area contributed by atoms with Crippen LogP contribution in [0.2, 0.25) is 0 Å². The number of nitrogens with zero attached hydrogens (tertiary/aromatic N) is 4. The molecule has 0 unspecified atom stereocenters. The molecule has 0 saturated carbocycles. The Kier molecular flexibility index (Phi) is 5.61. The number of aromatic nitrogens is 2. The molecule has 0 radical (unpaired) electrons. The van der Waals surface area contributed by atoms with Gasteiger partial charge in [0.25, 0.3) is 0 Å². The summed E-state index contributed by atoms with van der Waals surface area (Å²) in [5, 5.41) is 32.3. The van der Waals surface area contributed by atoms with Gasteiger partial charge in [0.05, 0.1) is 24.4 Å². The van der Waals surface area contributed by atoms with Crippen LogP contribution in [-0.4, -0.2) is 66.5 Å². The number of hydrogen-bond acceptors (Lipinski definition) is 7. The molecule has 3 aliphatic rings. The van der Waals surface area contributed by atoms with Crippen molar-refractivity contribution >= 4 is 23.6 Å². The molecule has 0 bridgehead atoms. The number of aryl methyl sites for hydroxylation is 1. The second kappa shape index (κ2) is 8.06. The maximum atomic E-state index is 12.4. The Labute approximate surface area is 178 Å². The molecule has 30 heavy (non-hydrogen) atoms. The third-order valence-electron chi connectivity index (χ3n) is 6.27. The van der Waals surface area contributed by atoms with Crippen LogP contribution in [0.5, 0.6) is 0 Å². The van der Waals surface area contributed by atoms with Crippen molar-refractivity contribution in [3.05, 3.63) is 28.8 Å². The number of hydrogen-bond donors (Lipinski definition) is 3. The molecule has 1 aromatic heterocycles. The van der Waals surface area contributed by atoms with Gasteiger partial charge in [0, 0.05) is 41.4 Å². The fourth-order valence-corrected chi connectivity index (χ4v) is 6.31. The third kappa shape index (κ3) is 3.51. The largest absolute Gasteiger partial charge is 0.477 e. The van der Waals surface area contributed by atoms with Gasteiger partial charge in [-0.05, 0) is 19.8 Å². The highest BCUT2D eigenvalue weighted by molar-refractivity contribution is 8.03. The first-order valence-electron chi connectivity index (χ1n) is 10.1. The number of aliphatic carboxylic acids is 1. The zero-order chi connectivity index (χ0) is 21.6. The van der Waals surface area contributed by atoms with E-state index in [2.05, 4.69) is 10.3 Å². The molecule has 0 spiro atoms. The van der Waals surface area contributed by atoms with Gasteiger partial charge in [-0.15, -0.1) is 11.8 Å². The minimum Gasteiger partial charge on any atom is -0.477 e. The first-order chi connectivity index (χ1) is 14.3. The molecule has 9 nitrogen and oxygen atoms in total. The number of β-lactam (4-membered cyclic amide) rings is 1. The smallest absolute Gasteiger partial charge is 0.353 e. The van der Waals surface area contributed by atoms with E-state index in [1.807, 2.05) is 17.6 Å². The van der Waals surface area contributed by atoms with E-state index in [0.717, 1.165) is 30.8 Å². The normalized spacial score (nSPS) is 31.5. The SMILES string of the molecule is C[C@@H](O)[C@H]1C(=O)N2C(C(=O)O)=C(S[C@@H]3CN[C@H](CCn4cnc(C#N)c4)C3)[C@H](C)[C@H]12. The van der Waals surface area contributed by atoms with Gasteiger partial charge in [-0.25, -0.2) is 9.78 Å². The Hall–Kier alpha value is -2.35. The zero-order valence-corrected chi connectivity index (χ0v) is 17.7. The number of imidazole rings is 1. The molecule has 0 aliphatic carbocycles. The number of nitriles is 1. The van der Waals surface area contributed by atoms with Crippen LogP contribution >= 0.6 is 11.8 Å². The number of carbonyl (C=O) groups excluding carboxylic acids is 1. The van der Waals surface area contributed by atoms with Gasteiger partial charge in [0.15, 0.2) is 5.69 Å². The molecule has 6 atom stereocenters. The summed E-state index contributed by atoms with van der Waals surface area (Å²) in [5.41, 5.74) is 0.492. The molecule has 2 fully saturated rings. The van der Waals surface area contributed by atoms with Gasteiger partial charge < -0.3 is 25.0 Å². The Balaban J connectivity index is 1.39. The zero-order valence-electron chi connectivity index (χ0n) is 16.9. The van der Waals surface area contributed by atoms with E-state index in [-0.39, 0.29) is 28.8 Å². The molecule has 2 saturated heterocycles. The average molecular weight is 432 g/mol. The van der Waals surface area contributed by atoms with E-state index in [1.165, 1.54) is 4.90 Å². The predicted octanol–water partition coefficient (Wildman–Crippen LogP) is 0.762. The van der Waals surface area contributed by atoms with Crippen molar-refractivity contribution in [2.24, 2.45) is 11.8 Å². The average Bonchev–Trinajstić information content (AvgIpc) is 3.39. The topological polar surface area (TPSA) is 131 Å². The highest BCUT2D eigenvalue weighted by Crippen LogP contribution is 2.51. The van der Waals surface area contributed by atoms with E-state index in [1.54, 1.807) is 31.2 Å². The Morgan fingerprint density at radius 2 is 2.30 bits per heavy atom. The number of amides is 1. The number of aliphatic hydroxyl groups is 1. The molecule has 0 aromatic carbocycles. The lowest BCUT2D eigenvalue weighted by atomic mass is 9.79. The van der Waals surface area contributed by atoms with Crippen molar-refractivity contribution in [3.8, 4) is 6.07 Å². The van der Waals surface area contributed by atoms with Crippen molar-refractivity contribution < 1.29 is 19.8 Å². The van der Waals surface area contributed by atoms with Crippen molar-refractivity contribution in [3.63, 3.8) is 0 Å². The first-order valence-corrected chi connectivity index (χ1v) is 11.0. The Morgan fingerprint density at radius 1 is 1.53 bits per heavy atom. The van der Waals surface area contributed by atoms with E-state index >= 15 is 0 Å². The number of carbonyl (C=O) groups is 2. The van der Waals surface area contributed by atoms with E-state index in [0.29, 0.717) is 11.7 Å². The first kappa shape index (κ1) is 20.9. The van der Waals surface area contributed by atoms with E-state index in [9.17, 15) is 19.8 Å². The van der Waals surface area contributed by atoms with Crippen LogP contribution in [0.4, 0.5) is 0 Å². The second-order valence-corrected chi connectivity index (χ2v) is 9.59. The molecule has 3 aliphatic heterocycles. The number of carboxylic acid groups (broad SMARTS) is 1. The van der Waals surface area contributed by atoms with Crippen molar-refractivity contribution in [2.75, 3.05) is 6.54 Å². The van der Waals surface area contributed by atoms with Crippen LogP contribution in [0.15, 0.2) is 23.1 Å². The minimum atomic E-state index is -1.08. The number of thioether (sulfide) groups is 1. The number of fused-ring (bicyclic) bond motifs is 1. The Morgan fingerprint density at radius 3 is 2.93 bits per heavy atom. The van der Waals surface area contributed by atoms with Gasteiger partial charge in [-0.3, -0.25) is 4.79 Å². The lowest BCUT2D eigenvalue weighted by Gasteiger charge is -2.46. The second-order valence-electron chi connectivity index (χ2n) is 8.25. The van der Waals surface area contributed by atoms with Gasteiger partial charge >= 0.3 is 5.97 Å². The van der Waals surface area contributed by atoms with Gasteiger partial charge in [0.2, 0.25) is 5.91 Å². The number of aliphatic hydroxyl groups excluding tert-OH is 1. The molecule has 3 N–H and O–H groups in total. The molecule has 160 valence electrons. The van der Waals surface area contributed by atoms with E-state index in [4.69, 9.17) is 5.26 Å². The quantitative estimate of drug-likeness (QED) is 0.539. The van der Waals surface area contributed by atoms with Crippen molar-refractivity contribution in [1.82, 2.24) is 19.8 Å². The van der Waals surface area contributed by atoms with Crippen LogP contribution < -0.4 is 5.32 Å². The monoisotopic (exact) mass is 431 g/mol. The minimum absolute atomic E-state index is 0.0882. The van der Waals surface area contributed by atoms with Crippen LogP contribution in [-0.2, 0) is 16.1 Å². The fraction of sp³-hybridized carbons (Fsp3) is 0.600. The maximum absolute atomic E-state index is 12.4. The summed E-state index contributed by atoms with van der Waals surface area (Å²) in [6.07, 6.45) is 4.37. The number of carboxylic acids is 1. The molecular formula is C20H25N5O4S. The van der Waals surface area contributed by atoms with Crippen molar-refractivity contribution in [2.45, 2.75) is 56.7 Å². The number of nitrogens with one attached hydrogen (secondary N) is 1. The molecule has 1 aromatic rings. The summed E-state index contributed by atoms with van der Waals surface area (Å²) in [6, 6.07) is 2.04. The highest BCUT2D eigenvalue weighted by atomic mass is 32.2. The predicted molar refractivity (Wildman–Crippen MR) is 109 cm³/mol. The summed E-state index contributed by atoms with van der Waals surface area (Å²) in [7, 11) is 0. The standard InChI is InChI=1S/C20H25N5O4S/c1-10-16-15(11(2)26)19(27)25(16)17(20(28)29)18(10)30-14-5-12(22-7-14)3-4-24-8-13(6-21)23-9-24/h8-12,14-16,22,26H,3-5,7H2,1-2H3,(H,28,29)/t10-,11-,12-,14+,15-,16-/m1/s1. The van der Waals surface area contributed by atoms with Crippen LogP contribution in [0.1, 0.15) is 32.4 Å². The van der Waals surface area contributed by atoms with Crippen LogP contribution in [0.3, 0.4) is 0 Å². The highest BCUT2D eigenvalue weighted by Gasteiger charge is 2.60. The van der Waals surface area contributed by atoms with Crippen molar-refractivity contribution in [1.29, 1.82) is 5.26 Å². The van der Waals surface area contributed by atoms with Gasteiger partial charge in [0.1, 0.15) is 11.8 Å². The van der Waals surface area contributed by atoms with E-state index < -0.39 is 18.0 Å².